The molecule has 1 aliphatic heterocycles. The zero-order chi connectivity index (χ0) is 17.0. The van der Waals surface area contributed by atoms with Gasteiger partial charge in [-0.25, -0.2) is 0 Å². The lowest BCUT2D eigenvalue weighted by atomic mass is 9.91. The van der Waals surface area contributed by atoms with Gasteiger partial charge in [-0.15, -0.1) is 0 Å². The molecule has 128 valence electrons. The van der Waals surface area contributed by atoms with Gasteiger partial charge in [-0.1, -0.05) is 32.9 Å². The Morgan fingerprint density at radius 1 is 1.17 bits per heavy atom. The molecule has 4 nitrogen and oxygen atoms in total. The maximum atomic E-state index is 12.3. The Morgan fingerprint density at radius 3 is 2.35 bits per heavy atom. The summed E-state index contributed by atoms with van der Waals surface area (Å²) in [6.45, 7) is 12.9. The maximum Gasteiger partial charge on any atom is 0.223 e. The molecule has 1 heterocycles. The van der Waals surface area contributed by atoms with E-state index in [-0.39, 0.29) is 11.3 Å². The van der Waals surface area contributed by atoms with Crippen molar-refractivity contribution in [1.82, 2.24) is 9.80 Å². The number of ether oxygens (including phenoxy) is 1. The molecule has 0 atom stereocenters. The predicted molar refractivity (Wildman–Crippen MR) is 93.7 cm³/mol. The van der Waals surface area contributed by atoms with E-state index in [9.17, 15) is 4.79 Å². The van der Waals surface area contributed by atoms with Crippen LogP contribution in [0.5, 0.6) is 5.75 Å². The lowest BCUT2D eigenvalue weighted by Gasteiger charge is -2.36. The quantitative estimate of drug-likeness (QED) is 0.855. The average molecular weight is 318 g/mol. The summed E-state index contributed by atoms with van der Waals surface area (Å²) in [6.07, 6.45) is 0.630. The van der Waals surface area contributed by atoms with Gasteiger partial charge in [0.25, 0.3) is 0 Å². The molecule has 0 saturated carbocycles. The number of methoxy groups -OCH3 is 1. The summed E-state index contributed by atoms with van der Waals surface area (Å²) in [5, 5.41) is 0. The van der Waals surface area contributed by atoms with E-state index in [1.54, 1.807) is 7.11 Å². The highest BCUT2D eigenvalue weighted by atomic mass is 16.5. The monoisotopic (exact) mass is 318 g/mol. The summed E-state index contributed by atoms with van der Waals surface area (Å²) in [5.74, 6) is 1.23. The van der Waals surface area contributed by atoms with Gasteiger partial charge in [0.15, 0.2) is 0 Å². The van der Waals surface area contributed by atoms with Crippen LogP contribution in [0.1, 0.15) is 38.3 Å². The van der Waals surface area contributed by atoms with Crippen molar-refractivity contribution in [3.63, 3.8) is 0 Å². The van der Waals surface area contributed by atoms with Crippen LogP contribution in [0.3, 0.4) is 0 Å². The van der Waals surface area contributed by atoms with E-state index in [2.05, 4.69) is 44.7 Å². The van der Waals surface area contributed by atoms with Crippen molar-refractivity contribution in [2.75, 3.05) is 33.3 Å². The average Bonchev–Trinajstić information content (AvgIpc) is 2.46. The third kappa shape index (κ3) is 5.24. The van der Waals surface area contributed by atoms with E-state index in [0.29, 0.717) is 6.42 Å². The molecule has 0 unspecified atom stereocenters. The molecular formula is C19H30N2O2. The first-order chi connectivity index (χ1) is 10.8. The van der Waals surface area contributed by atoms with Crippen LogP contribution in [0.15, 0.2) is 18.2 Å². The predicted octanol–water partition coefficient (Wildman–Crippen LogP) is 3.08. The second-order valence-corrected chi connectivity index (χ2v) is 7.70. The Morgan fingerprint density at radius 2 is 1.83 bits per heavy atom. The highest BCUT2D eigenvalue weighted by Crippen LogP contribution is 2.22. The summed E-state index contributed by atoms with van der Waals surface area (Å²) in [7, 11) is 1.70. The molecule has 0 spiro atoms. The minimum Gasteiger partial charge on any atom is -0.496 e. The molecule has 4 heteroatoms. The van der Waals surface area contributed by atoms with Crippen molar-refractivity contribution in [1.29, 1.82) is 0 Å². The maximum absolute atomic E-state index is 12.3. The molecule has 0 aromatic heterocycles. The van der Waals surface area contributed by atoms with Crippen LogP contribution in [0.4, 0.5) is 0 Å². The number of carbonyl (C=O) groups excluding carboxylic acids is 1. The van der Waals surface area contributed by atoms with Gasteiger partial charge in [-0.05, 0) is 29.5 Å². The minimum atomic E-state index is 0.0643. The lowest BCUT2D eigenvalue weighted by molar-refractivity contribution is -0.134. The summed E-state index contributed by atoms with van der Waals surface area (Å²) in [5.41, 5.74) is 2.54. The van der Waals surface area contributed by atoms with E-state index in [1.165, 1.54) is 11.1 Å². The number of carbonyl (C=O) groups is 1. The third-order valence-electron chi connectivity index (χ3n) is 4.27. The number of hydrogen-bond donors (Lipinski definition) is 0. The highest BCUT2D eigenvalue weighted by molar-refractivity contribution is 5.76. The van der Waals surface area contributed by atoms with Crippen LogP contribution in [0.25, 0.3) is 0 Å². The number of benzene rings is 1. The second kappa shape index (κ2) is 7.35. The Kier molecular flexibility index (Phi) is 5.69. The second-order valence-electron chi connectivity index (χ2n) is 7.70. The lowest BCUT2D eigenvalue weighted by Crippen LogP contribution is -2.48. The molecule has 0 radical (unpaired) electrons. The number of nitrogens with zero attached hydrogens (tertiary/aromatic N) is 2. The van der Waals surface area contributed by atoms with Gasteiger partial charge in [0.1, 0.15) is 5.75 Å². The van der Waals surface area contributed by atoms with Crippen LogP contribution >= 0.6 is 0 Å². The smallest absolute Gasteiger partial charge is 0.223 e. The van der Waals surface area contributed by atoms with Crippen LogP contribution in [0, 0.1) is 12.3 Å². The molecule has 0 aliphatic carbocycles. The Balaban J connectivity index is 1.85. The molecule has 0 bridgehead atoms. The molecule has 23 heavy (non-hydrogen) atoms. The van der Waals surface area contributed by atoms with Crippen molar-refractivity contribution < 1.29 is 9.53 Å². The minimum absolute atomic E-state index is 0.0643. The van der Waals surface area contributed by atoms with Crippen molar-refractivity contribution in [3.8, 4) is 5.75 Å². The molecule has 1 saturated heterocycles. The third-order valence-corrected chi connectivity index (χ3v) is 4.27. The first kappa shape index (κ1) is 17.8. The molecule has 1 aliphatic rings. The van der Waals surface area contributed by atoms with E-state index in [0.717, 1.165) is 38.5 Å². The Bertz CT molecular complexity index is 541. The fraction of sp³-hybridized carbons (Fsp3) is 0.632. The number of hydrogen-bond acceptors (Lipinski definition) is 3. The largest absolute Gasteiger partial charge is 0.496 e. The standard InChI is InChI=1S/C19H30N2O2/c1-15-12-16(6-7-17(15)23-5)14-20-8-10-21(11-9-20)18(22)13-19(2,3)4/h6-7,12H,8-11,13-14H2,1-5H3. The molecule has 2 rings (SSSR count). The normalized spacial score (nSPS) is 16.5. The van der Waals surface area contributed by atoms with E-state index in [1.807, 2.05) is 11.0 Å². The Labute approximate surface area is 140 Å². The summed E-state index contributed by atoms with van der Waals surface area (Å²) >= 11 is 0. The summed E-state index contributed by atoms with van der Waals surface area (Å²) in [6, 6.07) is 6.35. The van der Waals surface area contributed by atoms with Crippen LogP contribution in [-0.4, -0.2) is 49.0 Å². The fourth-order valence-corrected chi connectivity index (χ4v) is 3.02. The molecule has 1 amide bonds. The Hall–Kier alpha value is -1.55. The number of rotatable bonds is 4. The van der Waals surface area contributed by atoms with Crippen molar-refractivity contribution in [2.45, 2.75) is 40.7 Å². The van der Waals surface area contributed by atoms with Gasteiger partial charge < -0.3 is 9.64 Å². The first-order valence-electron chi connectivity index (χ1n) is 8.42. The molecule has 1 fully saturated rings. The number of aryl methyl sites for hydroxylation is 1. The molecule has 1 aromatic carbocycles. The van der Waals surface area contributed by atoms with Gasteiger partial charge in [-0.3, -0.25) is 9.69 Å². The van der Waals surface area contributed by atoms with Crippen LogP contribution in [0.2, 0.25) is 0 Å². The molecule has 0 N–H and O–H groups in total. The topological polar surface area (TPSA) is 32.8 Å². The van der Waals surface area contributed by atoms with Crippen LogP contribution < -0.4 is 4.74 Å². The van der Waals surface area contributed by atoms with Gasteiger partial charge >= 0.3 is 0 Å². The summed E-state index contributed by atoms with van der Waals surface area (Å²) < 4.78 is 5.31. The van der Waals surface area contributed by atoms with E-state index in [4.69, 9.17) is 4.74 Å². The molecular weight excluding hydrogens is 288 g/mol. The van der Waals surface area contributed by atoms with Crippen molar-refractivity contribution >= 4 is 5.91 Å². The SMILES string of the molecule is COc1ccc(CN2CCN(C(=O)CC(C)(C)C)CC2)cc1C. The highest BCUT2D eigenvalue weighted by Gasteiger charge is 2.24. The van der Waals surface area contributed by atoms with Crippen LogP contribution in [-0.2, 0) is 11.3 Å². The summed E-state index contributed by atoms with van der Waals surface area (Å²) in [4.78, 5) is 16.7. The van der Waals surface area contributed by atoms with E-state index >= 15 is 0 Å². The number of piperazine rings is 1. The van der Waals surface area contributed by atoms with Crippen molar-refractivity contribution in [3.05, 3.63) is 29.3 Å². The van der Waals surface area contributed by atoms with Gasteiger partial charge in [0.05, 0.1) is 7.11 Å². The van der Waals surface area contributed by atoms with Gasteiger partial charge in [0, 0.05) is 39.1 Å². The first-order valence-corrected chi connectivity index (χ1v) is 8.42. The van der Waals surface area contributed by atoms with Gasteiger partial charge in [-0.2, -0.15) is 0 Å². The fourth-order valence-electron chi connectivity index (χ4n) is 3.02. The zero-order valence-corrected chi connectivity index (χ0v) is 15.2. The van der Waals surface area contributed by atoms with Crippen molar-refractivity contribution in [2.24, 2.45) is 5.41 Å². The number of amides is 1. The van der Waals surface area contributed by atoms with Gasteiger partial charge in [0.2, 0.25) is 5.91 Å². The molecule has 1 aromatic rings. The zero-order valence-electron chi connectivity index (χ0n) is 15.2. The van der Waals surface area contributed by atoms with E-state index < -0.39 is 0 Å².